The number of aryl methyl sites for hydroxylation is 1. The van der Waals surface area contributed by atoms with E-state index in [2.05, 4.69) is 19.1 Å². The maximum Gasteiger partial charge on any atom is 0.252 e. The summed E-state index contributed by atoms with van der Waals surface area (Å²) in [6.45, 7) is 2.08. The molecule has 0 aliphatic heterocycles. The smallest absolute Gasteiger partial charge is 0.252 e. The molecule has 0 heterocycles. The molecule has 0 aromatic heterocycles. The summed E-state index contributed by atoms with van der Waals surface area (Å²) in [4.78, 5) is 10.4. The van der Waals surface area contributed by atoms with Crippen LogP contribution in [0.1, 0.15) is 15.9 Å². The Morgan fingerprint density at radius 2 is 1.31 bits per heavy atom. The van der Waals surface area contributed by atoms with Crippen LogP contribution in [-0.2, 0) is 0 Å². The maximum atomic E-state index is 10.4. The predicted octanol–water partition coefficient (Wildman–Crippen LogP) is 4.06. The van der Waals surface area contributed by atoms with Crippen LogP contribution < -0.4 is 0 Å². The van der Waals surface area contributed by atoms with Gasteiger partial charge in [0.05, 0.1) is 0 Å². The topological polar surface area (TPSA) is 17.1 Å². The first-order chi connectivity index (χ1) is 7.70. The van der Waals surface area contributed by atoms with Gasteiger partial charge in [0.25, 0.3) is 5.24 Å². The molecule has 0 unspecified atom stereocenters. The molecule has 0 radical (unpaired) electrons. The summed E-state index contributed by atoms with van der Waals surface area (Å²) in [6.07, 6.45) is 0. The Kier molecular flexibility index (Phi) is 5.30. The first kappa shape index (κ1) is 12.5. The van der Waals surface area contributed by atoms with Gasteiger partial charge in [-0.2, -0.15) is 0 Å². The van der Waals surface area contributed by atoms with Crippen LogP contribution in [0, 0.1) is 6.92 Å². The molecule has 0 aliphatic rings. The number of rotatable bonds is 1. The Balaban J connectivity index is 0.000000165. The van der Waals surface area contributed by atoms with Gasteiger partial charge in [0.1, 0.15) is 0 Å². The zero-order chi connectivity index (χ0) is 11.8. The fraction of sp³-hybridized carbons (Fsp3) is 0.0714. The Morgan fingerprint density at radius 3 is 1.56 bits per heavy atom. The fourth-order valence-electron chi connectivity index (χ4n) is 1.10. The van der Waals surface area contributed by atoms with Crippen molar-refractivity contribution in [2.75, 3.05) is 0 Å². The van der Waals surface area contributed by atoms with Crippen LogP contribution in [-0.4, -0.2) is 5.24 Å². The van der Waals surface area contributed by atoms with Crippen molar-refractivity contribution in [1.29, 1.82) is 0 Å². The van der Waals surface area contributed by atoms with Crippen LogP contribution in [0.15, 0.2) is 60.7 Å². The van der Waals surface area contributed by atoms with Crippen LogP contribution in [0.3, 0.4) is 0 Å². The van der Waals surface area contributed by atoms with E-state index >= 15 is 0 Å². The molecule has 0 fully saturated rings. The summed E-state index contributed by atoms with van der Waals surface area (Å²) in [5, 5.41) is -0.407. The number of carbonyl (C=O) groups is 1. The summed E-state index contributed by atoms with van der Waals surface area (Å²) in [7, 11) is 0. The van der Waals surface area contributed by atoms with E-state index in [1.54, 1.807) is 24.3 Å². The van der Waals surface area contributed by atoms with Crippen molar-refractivity contribution in [3.63, 3.8) is 0 Å². The lowest BCUT2D eigenvalue weighted by molar-refractivity contribution is 0.108. The molecule has 2 rings (SSSR count). The zero-order valence-electron chi connectivity index (χ0n) is 9.06. The lowest BCUT2D eigenvalue weighted by Gasteiger charge is -1.87. The third kappa shape index (κ3) is 4.76. The molecule has 82 valence electrons. The van der Waals surface area contributed by atoms with E-state index in [0.717, 1.165) is 0 Å². The van der Waals surface area contributed by atoms with Gasteiger partial charge in [-0.3, -0.25) is 4.79 Å². The predicted molar refractivity (Wildman–Crippen MR) is 67.8 cm³/mol. The highest BCUT2D eigenvalue weighted by Crippen LogP contribution is 2.01. The normalized spacial score (nSPS) is 8.88. The molecule has 0 amide bonds. The first-order valence-electron chi connectivity index (χ1n) is 4.96. The van der Waals surface area contributed by atoms with Gasteiger partial charge in [-0.15, -0.1) is 0 Å². The minimum absolute atomic E-state index is 0.407. The van der Waals surface area contributed by atoms with Crippen LogP contribution >= 0.6 is 11.6 Å². The second kappa shape index (κ2) is 6.81. The molecule has 0 atom stereocenters. The first-order valence-corrected chi connectivity index (χ1v) is 5.34. The largest absolute Gasteiger partial charge is 0.276 e. The number of benzene rings is 2. The lowest BCUT2D eigenvalue weighted by atomic mass is 10.2. The second-order valence-electron chi connectivity index (χ2n) is 3.29. The molecule has 1 nitrogen and oxygen atoms in total. The third-order valence-corrected chi connectivity index (χ3v) is 2.16. The monoisotopic (exact) mass is 232 g/mol. The van der Waals surface area contributed by atoms with E-state index in [-0.39, 0.29) is 0 Å². The van der Waals surface area contributed by atoms with E-state index in [1.807, 2.05) is 24.3 Å². The highest BCUT2D eigenvalue weighted by atomic mass is 35.5. The molecule has 0 saturated carbocycles. The lowest BCUT2D eigenvalue weighted by Crippen LogP contribution is -1.84. The molecule has 2 aromatic rings. The summed E-state index contributed by atoms with van der Waals surface area (Å²) >= 11 is 5.16. The number of hydrogen-bond acceptors (Lipinski definition) is 1. The number of hydrogen-bond donors (Lipinski definition) is 0. The Morgan fingerprint density at radius 1 is 0.875 bits per heavy atom. The molecule has 2 aromatic carbocycles. The molecule has 0 bridgehead atoms. The third-order valence-electron chi connectivity index (χ3n) is 1.94. The van der Waals surface area contributed by atoms with Gasteiger partial charge in [-0.25, -0.2) is 0 Å². The Labute approximate surface area is 101 Å². The van der Waals surface area contributed by atoms with E-state index in [0.29, 0.717) is 5.56 Å². The molecule has 0 spiro atoms. The van der Waals surface area contributed by atoms with Crippen LogP contribution in [0.5, 0.6) is 0 Å². The van der Waals surface area contributed by atoms with E-state index in [9.17, 15) is 4.79 Å². The van der Waals surface area contributed by atoms with E-state index in [1.165, 1.54) is 5.56 Å². The van der Waals surface area contributed by atoms with Gasteiger partial charge in [0.15, 0.2) is 0 Å². The average molecular weight is 233 g/mol. The minimum atomic E-state index is -0.407. The maximum absolute atomic E-state index is 10.4. The number of halogens is 1. The van der Waals surface area contributed by atoms with Gasteiger partial charge >= 0.3 is 0 Å². The molecular formula is C14H13ClO. The number of carbonyl (C=O) groups excluding carboxylic acids is 1. The highest BCUT2D eigenvalue weighted by molar-refractivity contribution is 6.67. The van der Waals surface area contributed by atoms with Crippen LogP contribution in [0.25, 0.3) is 0 Å². The van der Waals surface area contributed by atoms with Gasteiger partial charge in [0.2, 0.25) is 0 Å². The molecule has 16 heavy (non-hydrogen) atoms. The molecule has 2 heteroatoms. The molecule has 0 N–H and O–H groups in total. The highest BCUT2D eigenvalue weighted by Gasteiger charge is 1.95. The van der Waals surface area contributed by atoms with Gasteiger partial charge in [-0.1, -0.05) is 66.2 Å². The second-order valence-corrected chi connectivity index (χ2v) is 3.64. The van der Waals surface area contributed by atoms with Crippen molar-refractivity contribution in [3.8, 4) is 0 Å². The van der Waals surface area contributed by atoms with Crippen molar-refractivity contribution in [2.24, 2.45) is 0 Å². The molecule has 0 aliphatic carbocycles. The summed E-state index contributed by atoms with van der Waals surface area (Å²) in [6, 6.07) is 19.0. The average Bonchev–Trinajstić information content (AvgIpc) is 2.32. The fourth-order valence-corrected chi connectivity index (χ4v) is 1.23. The molecular weight excluding hydrogens is 220 g/mol. The quantitative estimate of drug-likeness (QED) is 0.678. The standard InChI is InChI=1S/C7H5ClO.C7H8/c8-7(9)6-4-2-1-3-5-6;1-7-5-3-2-4-6-7/h1-5H;2-6H,1H3. The van der Waals surface area contributed by atoms with Crippen molar-refractivity contribution < 1.29 is 4.79 Å². The van der Waals surface area contributed by atoms with Crippen molar-refractivity contribution >= 4 is 16.8 Å². The Hall–Kier alpha value is -1.60. The van der Waals surface area contributed by atoms with Crippen molar-refractivity contribution in [1.82, 2.24) is 0 Å². The minimum Gasteiger partial charge on any atom is -0.276 e. The van der Waals surface area contributed by atoms with Crippen LogP contribution in [0.2, 0.25) is 0 Å². The van der Waals surface area contributed by atoms with Gasteiger partial charge in [0, 0.05) is 5.56 Å². The van der Waals surface area contributed by atoms with Gasteiger partial charge < -0.3 is 0 Å². The molecule has 0 saturated heterocycles. The van der Waals surface area contributed by atoms with Crippen molar-refractivity contribution in [2.45, 2.75) is 6.92 Å². The SMILES string of the molecule is Cc1ccccc1.O=C(Cl)c1ccccc1. The van der Waals surface area contributed by atoms with Crippen molar-refractivity contribution in [3.05, 3.63) is 71.8 Å². The van der Waals surface area contributed by atoms with Crippen LogP contribution in [0.4, 0.5) is 0 Å². The summed E-state index contributed by atoms with van der Waals surface area (Å²) in [5.41, 5.74) is 1.86. The van der Waals surface area contributed by atoms with E-state index < -0.39 is 5.24 Å². The van der Waals surface area contributed by atoms with E-state index in [4.69, 9.17) is 11.6 Å². The zero-order valence-corrected chi connectivity index (χ0v) is 9.82. The summed E-state index contributed by atoms with van der Waals surface area (Å²) < 4.78 is 0. The van der Waals surface area contributed by atoms with Gasteiger partial charge in [-0.05, 0) is 18.5 Å². The Bertz CT molecular complexity index is 423. The summed E-state index contributed by atoms with van der Waals surface area (Å²) in [5.74, 6) is 0.